The van der Waals surface area contributed by atoms with E-state index in [2.05, 4.69) is 22.4 Å². The molecule has 0 aliphatic carbocycles. The van der Waals surface area contributed by atoms with Crippen molar-refractivity contribution < 1.29 is 9.53 Å². The van der Waals surface area contributed by atoms with Gasteiger partial charge in [0, 0.05) is 28.7 Å². The number of benzene rings is 2. The Labute approximate surface area is 196 Å². The zero-order valence-corrected chi connectivity index (χ0v) is 20.1. The van der Waals surface area contributed by atoms with Crippen molar-refractivity contribution in [2.75, 3.05) is 0 Å². The number of aromatic nitrogens is 1. The maximum atomic E-state index is 13.2. The lowest BCUT2D eigenvalue weighted by molar-refractivity contribution is -0.135. The lowest BCUT2D eigenvalue weighted by Crippen LogP contribution is -2.51. The van der Waals surface area contributed by atoms with Crippen molar-refractivity contribution >= 4 is 17.5 Å². The van der Waals surface area contributed by atoms with Crippen LogP contribution in [-0.4, -0.2) is 22.5 Å². The Kier molecular flexibility index (Phi) is 7.57. The van der Waals surface area contributed by atoms with Gasteiger partial charge in [-0.25, -0.2) is 4.98 Å². The minimum absolute atomic E-state index is 0.0939. The number of carbonyl (C=O) groups excluding carboxylic acids is 1. The van der Waals surface area contributed by atoms with Crippen molar-refractivity contribution in [2.24, 2.45) is 0 Å². The molecule has 0 bridgehead atoms. The lowest BCUT2D eigenvalue weighted by atomic mass is 9.86. The van der Waals surface area contributed by atoms with Gasteiger partial charge in [-0.2, -0.15) is 0 Å². The average molecular weight is 451 g/mol. The minimum atomic E-state index is -1.07. The second kappa shape index (κ2) is 10.2. The van der Waals surface area contributed by atoms with E-state index in [0.717, 1.165) is 17.7 Å². The molecule has 4 nitrogen and oxygen atoms in total. The van der Waals surface area contributed by atoms with Gasteiger partial charge >= 0.3 is 0 Å². The van der Waals surface area contributed by atoms with Crippen molar-refractivity contribution in [3.8, 4) is 5.88 Å². The molecule has 1 aromatic heterocycles. The van der Waals surface area contributed by atoms with Gasteiger partial charge in [0.25, 0.3) is 5.91 Å². The molecule has 0 spiro atoms. The second-order valence-corrected chi connectivity index (χ2v) is 9.28. The van der Waals surface area contributed by atoms with E-state index in [0.29, 0.717) is 10.9 Å². The van der Waals surface area contributed by atoms with Crippen LogP contribution in [0.25, 0.3) is 0 Å². The van der Waals surface area contributed by atoms with Crippen molar-refractivity contribution in [2.45, 2.75) is 58.6 Å². The largest absolute Gasteiger partial charge is 0.462 e. The van der Waals surface area contributed by atoms with E-state index in [1.807, 2.05) is 75.4 Å². The van der Waals surface area contributed by atoms with E-state index in [-0.39, 0.29) is 17.9 Å². The van der Waals surface area contributed by atoms with E-state index in [9.17, 15) is 4.79 Å². The molecule has 0 aliphatic rings. The van der Waals surface area contributed by atoms with Crippen LogP contribution in [0, 0.1) is 13.8 Å². The predicted octanol–water partition coefficient (Wildman–Crippen LogP) is 6.04. The van der Waals surface area contributed by atoms with Crippen molar-refractivity contribution in [1.82, 2.24) is 10.3 Å². The molecule has 1 amide bonds. The van der Waals surface area contributed by atoms with Gasteiger partial charge in [0.2, 0.25) is 5.88 Å². The van der Waals surface area contributed by atoms with Crippen LogP contribution in [0.1, 0.15) is 49.1 Å². The standard InChI is InChI=1S/C27H31ClN2O2/c1-18-15-19(2)29-25(16-18)32-27(4,5)26(31)30-20(3)24(22-9-7-6-8-10-22)17-21-11-13-23(28)14-12-21/h6-16,20,24H,17H2,1-5H3,(H,30,31). The summed E-state index contributed by atoms with van der Waals surface area (Å²) >= 11 is 6.06. The SMILES string of the molecule is Cc1cc(C)nc(OC(C)(C)C(=O)NC(C)C(Cc2ccc(Cl)cc2)c2ccccc2)c1. The van der Waals surface area contributed by atoms with Crippen LogP contribution >= 0.6 is 11.6 Å². The molecule has 2 unspecified atom stereocenters. The summed E-state index contributed by atoms with van der Waals surface area (Å²) in [5.41, 5.74) is 3.17. The number of halogens is 1. The van der Waals surface area contributed by atoms with Gasteiger partial charge in [-0.3, -0.25) is 4.79 Å². The van der Waals surface area contributed by atoms with Gasteiger partial charge < -0.3 is 10.1 Å². The Hall–Kier alpha value is -2.85. The third kappa shape index (κ3) is 6.33. The first-order valence-corrected chi connectivity index (χ1v) is 11.3. The molecule has 2 atom stereocenters. The first kappa shape index (κ1) is 23.8. The van der Waals surface area contributed by atoms with E-state index in [1.54, 1.807) is 13.8 Å². The van der Waals surface area contributed by atoms with Crippen molar-refractivity contribution in [1.29, 1.82) is 0 Å². The zero-order chi connectivity index (χ0) is 23.3. The summed E-state index contributed by atoms with van der Waals surface area (Å²) in [5, 5.41) is 3.90. The summed E-state index contributed by atoms with van der Waals surface area (Å²) < 4.78 is 6.01. The smallest absolute Gasteiger partial charge is 0.263 e. The van der Waals surface area contributed by atoms with Gasteiger partial charge in [0.15, 0.2) is 5.60 Å². The van der Waals surface area contributed by atoms with E-state index in [4.69, 9.17) is 16.3 Å². The molecule has 0 radical (unpaired) electrons. The number of aryl methyl sites for hydroxylation is 2. The number of carbonyl (C=O) groups is 1. The molecular formula is C27H31ClN2O2. The first-order chi connectivity index (χ1) is 15.1. The fourth-order valence-electron chi connectivity index (χ4n) is 3.80. The van der Waals surface area contributed by atoms with Crippen LogP contribution in [0.5, 0.6) is 5.88 Å². The van der Waals surface area contributed by atoms with Gasteiger partial charge in [0.05, 0.1) is 0 Å². The summed E-state index contributed by atoms with van der Waals surface area (Å²) in [6.45, 7) is 9.47. The quantitative estimate of drug-likeness (QED) is 0.455. The number of rotatable bonds is 8. The van der Waals surface area contributed by atoms with Crippen LogP contribution in [0.3, 0.4) is 0 Å². The molecule has 0 aliphatic heterocycles. The number of ether oxygens (including phenoxy) is 1. The van der Waals surface area contributed by atoms with Crippen LogP contribution in [0.2, 0.25) is 5.02 Å². The van der Waals surface area contributed by atoms with Gasteiger partial charge in [-0.1, -0.05) is 54.1 Å². The Bertz CT molecular complexity index is 1030. The molecule has 1 N–H and O–H groups in total. The maximum absolute atomic E-state index is 13.2. The lowest BCUT2D eigenvalue weighted by Gasteiger charge is -2.30. The fourth-order valence-corrected chi connectivity index (χ4v) is 3.93. The summed E-state index contributed by atoms with van der Waals surface area (Å²) in [7, 11) is 0. The summed E-state index contributed by atoms with van der Waals surface area (Å²) in [4.78, 5) is 17.6. The number of nitrogens with zero attached hydrogens (tertiary/aromatic N) is 1. The molecular weight excluding hydrogens is 420 g/mol. The van der Waals surface area contributed by atoms with E-state index in [1.165, 1.54) is 11.1 Å². The highest BCUT2D eigenvalue weighted by Crippen LogP contribution is 2.26. The molecule has 1 heterocycles. The van der Waals surface area contributed by atoms with Crippen LogP contribution < -0.4 is 10.1 Å². The van der Waals surface area contributed by atoms with Crippen LogP contribution in [0.15, 0.2) is 66.7 Å². The third-order valence-electron chi connectivity index (χ3n) is 5.54. The summed E-state index contributed by atoms with van der Waals surface area (Å²) in [6.07, 6.45) is 0.780. The molecule has 0 fully saturated rings. The molecule has 32 heavy (non-hydrogen) atoms. The number of pyridine rings is 1. The summed E-state index contributed by atoms with van der Waals surface area (Å²) in [5.74, 6) is 0.371. The highest BCUT2D eigenvalue weighted by atomic mass is 35.5. The average Bonchev–Trinajstić information content (AvgIpc) is 2.72. The molecule has 3 aromatic rings. The number of amides is 1. The van der Waals surface area contributed by atoms with E-state index < -0.39 is 5.60 Å². The number of nitrogens with one attached hydrogen (secondary N) is 1. The molecule has 168 valence electrons. The number of hydrogen-bond donors (Lipinski definition) is 1. The number of hydrogen-bond acceptors (Lipinski definition) is 3. The van der Waals surface area contributed by atoms with Gasteiger partial charge in [0.1, 0.15) is 0 Å². The Morgan fingerprint density at radius 2 is 1.72 bits per heavy atom. The normalized spacial score (nSPS) is 13.3. The van der Waals surface area contributed by atoms with Crippen molar-refractivity contribution in [3.05, 3.63) is 94.1 Å². The molecule has 2 aromatic carbocycles. The second-order valence-electron chi connectivity index (χ2n) is 8.85. The molecule has 5 heteroatoms. The summed E-state index contributed by atoms with van der Waals surface area (Å²) in [6, 6.07) is 21.8. The van der Waals surface area contributed by atoms with Crippen molar-refractivity contribution in [3.63, 3.8) is 0 Å². The predicted molar refractivity (Wildman–Crippen MR) is 130 cm³/mol. The third-order valence-corrected chi connectivity index (χ3v) is 5.79. The first-order valence-electron chi connectivity index (χ1n) is 10.9. The monoisotopic (exact) mass is 450 g/mol. The fraction of sp³-hybridized carbons (Fsp3) is 0.333. The Morgan fingerprint density at radius 3 is 2.34 bits per heavy atom. The van der Waals surface area contributed by atoms with E-state index >= 15 is 0 Å². The minimum Gasteiger partial charge on any atom is -0.462 e. The van der Waals surface area contributed by atoms with Crippen LogP contribution in [0.4, 0.5) is 0 Å². The topological polar surface area (TPSA) is 51.2 Å². The Morgan fingerprint density at radius 1 is 1.06 bits per heavy atom. The maximum Gasteiger partial charge on any atom is 0.263 e. The molecule has 0 saturated carbocycles. The van der Waals surface area contributed by atoms with Gasteiger partial charge in [-0.05, 0) is 75.9 Å². The van der Waals surface area contributed by atoms with Crippen LogP contribution in [-0.2, 0) is 11.2 Å². The molecule has 0 saturated heterocycles. The van der Waals surface area contributed by atoms with Gasteiger partial charge in [-0.15, -0.1) is 0 Å². The Balaban J connectivity index is 1.77. The highest BCUT2D eigenvalue weighted by molar-refractivity contribution is 6.30. The zero-order valence-electron chi connectivity index (χ0n) is 19.4. The highest BCUT2D eigenvalue weighted by Gasteiger charge is 2.33. The molecule has 3 rings (SSSR count).